The number of alkyl halides is 1. The van der Waals surface area contributed by atoms with Crippen LogP contribution in [0.2, 0.25) is 0 Å². The van der Waals surface area contributed by atoms with Crippen LogP contribution in [-0.2, 0) is 4.79 Å². The lowest BCUT2D eigenvalue weighted by Gasteiger charge is -2.16. The molecule has 3 heteroatoms. The van der Waals surface area contributed by atoms with Gasteiger partial charge in [0.2, 0.25) is 0 Å². The maximum Gasteiger partial charge on any atom is 0.159 e. The molecule has 0 aromatic carbocycles. The molecule has 0 saturated carbocycles. The second-order valence-corrected chi connectivity index (χ2v) is 4.04. The van der Waals surface area contributed by atoms with E-state index in [0.717, 1.165) is 0 Å². The van der Waals surface area contributed by atoms with Crippen LogP contribution in [0.3, 0.4) is 0 Å². The summed E-state index contributed by atoms with van der Waals surface area (Å²) in [7, 11) is 0. The number of allylic oxidation sites excluding steroid dienone is 2. The number of ketones is 1. The molecule has 0 atom stereocenters. The standard InChI is InChI=1S/C10H17FO2/c1-10(2,3)9(13)7-8(12)5-4-6-11/h7,13H,4-6H2,1-3H3/b9-7-. The third-order valence-electron chi connectivity index (χ3n) is 1.62. The molecule has 0 unspecified atom stereocenters. The summed E-state index contributed by atoms with van der Waals surface area (Å²) in [5.74, 6) is -0.165. The van der Waals surface area contributed by atoms with Crippen molar-refractivity contribution in [1.29, 1.82) is 0 Å². The second-order valence-electron chi connectivity index (χ2n) is 4.04. The van der Waals surface area contributed by atoms with Crippen LogP contribution in [0.1, 0.15) is 33.6 Å². The molecule has 0 spiro atoms. The molecule has 0 radical (unpaired) electrons. The van der Waals surface area contributed by atoms with Gasteiger partial charge in [0.15, 0.2) is 5.78 Å². The number of aliphatic hydroxyl groups is 1. The van der Waals surface area contributed by atoms with Gasteiger partial charge in [0.05, 0.1) is 6.67 Å². The highest BCUT2D eigenvalue weighted by Crippen LogP contribution is 2.22. The molecule has 0 saturated heterocycles. The summed E-state index contributed by atoms with van der Waals surface area (Å²) in [4.78, 5) is 11.1. The first-order valence-corrected chi connectivity index (χ1v) is 4.38. The molecule has 0 rings (SSSR count). The van der Waals surface area contributed by atoms with Gasteiger partial charge in [-0.3, -0.25) is 9.18 Å². The highest BCUT2D eigenvalue weighted by Gasteiger charge is 2.16. The van der Waals surface area contributed by atoms with E-state index in [1.807, 2.05) is 0 Å². The molecular formula is C10H17FO2. The summed E-state index contributed by atoms with van der Waals surface area (Å²) in [6.45, 7) is 4.93. The van der Waals surface area contributed by atoms with Gasteiger partial charge in [-0.2, -0.15) is 0 Å². The highest BCUT2D eigenvalue weighted by atomic mass is 19.1. The largest absolute Gasteiger partial charge is 0.512 e. The van der Waals surface area contributed by atoms with Crippen molar-refractivity contribution in [3.8, 4) is 0 Å². The fourth-order valence-corrected chi connectivity index (χ4v) is 0.682. The van der Waals surface area contributed by atoms with E-state index >= 15 is 0 Å². The fraction of sp³-hybridized carbons (Fsp3) is 0.700. The zero-order valence-corrected chi connectivity index (χ0v) is 8.43. The summed E-state index contributed by atoms with van der Waals surface area (Å²) in [6.07, 6.45) is 1.58. The van der Waals surface area contributed by atoms with Gasteiger partial charge in [-0.15, -0.1) is 0 Å². The van der Waals surface area contributed by atoms with Crippen LogP contribution in [0.15, 0.2) is 11.8 Å². The number of carbonyl (C=O) groups is 1. The Morgan fingerprint density at radius 2 is 2.00 bits per heavy atom. The monoisotopic (exact) mass is 188 g/mol. The number of hydrogen-bond acceptors (Lipinski definition) is 2. The Hall–Kier alpha value is -0.860. The van der Waals surface area contributed by atoms with E-state index in [1.165, 1.54) is 6.08 Å². The Labute approximate surface area is 78.5 Å². The smallest absolute Gasteiger partial charge is 0.159 e. The minimum atomic E-state index is -0.490. The van der Waals surface area contributed by atoms with Crippen molar-refractivity contribution in [3.05, 3.63) is 11.8 Å². The fourth-order valence-electron chi connectivity index (χ4n) is 0.682. The van der Waals surface area contributed by atoms with E-state index in [1.54, 1.807) is 20.8 Å². The van der Waals surface area contributed by atoms with E-state index in [0.29, 0.717) is 0 Å². The van der Waals surface area contributed by atoms with E-state index in [9.17, 15) is 14.3 Å². The molecule has 0 heterocycles. The van der Waals surface area contributed by atoms with Crippen LogP contribution >= 0.6 is 0 Å². The van der Waals surface area contributed by atoms with E-state index in [4.69, 9.17) is 0 Å². The molecular weight excluding hydrogens is 171 g/mol. The van der Waals surface area contributed by atoms with Crippen molar-refractivity contribution in [2.45, 2.75) is 33.6 Å². The zero-order valence-electron chi connectivity index (χ0n) is 8.43. The van der Waals surface area contributed by atoms with Crippen molar-refractivity contribution in [2.75, 3.05) is 6.67 Å². The van der Waals surface area contributed by atoms with Crippen LogP contribution < -0.4 is 0 Å². The molecule has 0 aromatic heterocycles. The minimum Gasteiger partial charge on any atom is -0.512 e. The van der Waals surface area contributed by atoms with Gasteiger partial charge in [0, 0.05) is 17.9 Å². The molecule has 0 aliphatic rings. The predicted octanol–water partition coefficient (Wildman–Crippen LogP) is 2.79. The van der Waals surface area contributed by atoms with Gasteiger partial charge in [0.1, 0.15) is 5.76 Å². The van der Waals surface area contributed by atoms with E-state index in [-0.39, 0.29) is 24.4 Å². The van der Waals surface area contributed by atoms with Crippen LogP contribution in [0.5, 0.6) is 0 Å². The first-order chi connectivity index (χ1) is 5.88. The molecule has 0 amide bonds. The Morgan fingerprint density at radius 3 is 2.38 bits per heavy atom. The number of rotatable bonds is 4. The van der Waals surface area contributed by atoms with Gasteiger partial charge in [-0.25, -0.2) is 0 Å². The summed E-state index contributed by atoms with van der Waals surface area (Å²) >= 11 is 0. The zero-order chi connectivity index (χ0) is 10.5. The number of carbonyl (C=O) groups excluding carboxylic acids is 1. The SMILES string of the molecule is CC(C)(C)/C(O)=C/C(=O)CCCF. The Kier molecular flexibility index (Phi) is 4.67. The molecule has 0 bridgehead atoms. The average Bonchev–Trinajstić information content (AvgIpc) is 1.99. The second kappa shape index (κ2) is 5.00. The Morgan fingerprint density at radius 1 is 1.46 bits per heavy atom. The molecule has 13 heavy (non-hydrogen) atoms. The third-order valence-corrected chi connectivity index (χ3v) is 1.62. The normalized spacial score (nSPS) is 13.1. The lowest BCUT2D eigenvalue weighted by Crippen LogP contribution is -2.10. The first kappa shape index (κ1) is 12.1. The van der Waals surface area contributed by atoms with Crippen molar-refractivity contribution < 1.29 is 14.3 Å². The van der Waals surface area contributed by atoms with Crippen molar-refractivity contribution >= 4 is 5.78 Å². The van der Waals surface area contributed by atoms with Gasteiger partial charge in [-0.1, -0.05) is 20.8 Å². The predicted molar refractivity (Wildman–Crippen MR) is 50.4 cm³/mol. The molecule has 76 valence electrons. The highest BCUT2D eigenvalue weighted by molar-refractivity contribution is 5.90. The van der Waals surface area contributed by atoms with Crippen LogP contribution in [0.4, 0.5) is 4.39 Å². The third kappa shape index (κ3) is 5.39. The molecule has 0 aliphatic heterocycles. The van der Waals surface area contributed by atoms with Crippen LogP contribution in [0.25, 0.3) is 0 Å². The summed E-state index contributed by atoms with van der Waals surface area (Å²) in [6, 6.07) is 0. The molecule has 1 N–H and O–H groups in total. The maximum atomic E-state index is 11.7. The summed E-state index contributed by atoms with van der Waals surface area (Å²) in [5, 5.41) is 9.40. The lowest BCUT2D eigenvalue weighted by atomic mass is 9.93. The molecule has 0 aliphatic carbocycles. The van der Waals surface area contributed by atoms with Crippen molar-refractivity contribution in [3.63, 3.8) is 0 Å². The number of halogens is 1. The van der Waals surface area contributed by atoms with Crippen LogP contribution in [0, 0.1) is 5.41 Å². The minimum absolute atomic E-state index is 0.0522. The Balaban J connectivity index is 4.15. The van der Waals surface area contributed by atoms with Gasteiger partial charge in [0.25, 0.3) is 0 Å². The number of aliphatic hydroxyl groups excluding tert-OH is 1. The molecule has 0 fully saturated rings. The van der Waals surface area contributed by atoms with E-state index in [2.05, 4.69) is 0 Å². The lowest BCUT2D eigenvalue weighted by molar-refractivity contribution is -0.115. The maximum absolute atomic E-state index is 11.7. The topological polar surface area (TPSA) is 37.3 Å². The molecule has 2 nitrogen and oxygen atoms in total. The van der Waals surface area contributed by atoms with E-state index < -0.39 is 12.1 Å². The number of hydrogen-bond donors (Lipinski definition) is 1. The van der Waals surface area contributed by atoms with Gasteiger partial charge < -0.3 is 5.11 Å². The summed E-state index contributed by atoms with van der Waals surface area (Å²) < 4.78 is 11.7. The van der Waals surface area contributed by atoms with Gasteiger partial charge >= 0.3 is 0 Å². The van der Waals surface area contributed by atoms with Crippen molar-refractivity contribution in [1.82, 2.24) is 0 Å². The van der Waals surface area contributed by atoms with Crippen LogP contribution in [-0.4, -0.2) is 17.6 Å². The summed E-state index contributed by atoms with van der Waals surface area (Å²) in [5.41, 5.74) is -0.411. The first-order valence-electron chi connectivity index (χ1n) is 4.38. The average molecular weight is 188 g/mol. The quantitative estimate of drug-likeness (QED) is 0.544. The van der Waals surface area contributed by atoms with Crippen molar-refractivity contribution in [2.24, 2.45) is 5.41 Å². The Bertz CT molecular complexity index is 201. The molecule has 0 aromatic rings. The van der Waals surface area contributed by atoms with Gasteiger partial charge in [-0.05, 0) is 6.42 Å².